The van der Waals surface area contributed by atoms with Crippen molar-refractivity contribution < 1.29 is 9.32 Å². The van der Waals surface area contributed by atoms with Gasteiger partial charge in [-0.3, -0.25) is 9.79 Å². The van der Waals surface area contributed by atoms with Crippen LogP contribution in [0.15, 0.2) is 33.8 Å². The van der Waals surface area contributed by atoms with E-state index in [9.17, 15) is 4.79 Å². The van der Waals surface area contributed by atoms with Crippen LogP contribution >= 0.6 is 24.0 Å². The molecule has 1 aromatic heterocycles. The van der Waals surface area contributed by atoms with E-state index in [2.05, 4.69) is 31.1 Å². The molecule has 8 nitrogen and oxygen atoms in total. The number of nitrogens with one attached hydrogen (secondary N) is 3. The molecular formula is C19H27IN6O2. The number of nitrogens with zero attached hydrogens (tertiary/aromatic N) is 3. The molecule has 1 unspecified atom stereocenters. The van der Waals surface area contributed by atoms with Crippen molar-refractivity contribution in [1.82, 2.24) is 20.8 Å². The third-order valence-corrected chi connectivity index (χ3v) is 4.37. The standard InChI is InChI=1S/C19H26N6O2.HI/c1-19(2,3)17-24-15(25-27-17)11-22-18(20-4)21-10-12-9-16(26)23-14-8-6-5-7-13(12)14;/h5-8,12H,9-11H2,1-4H3,(H,23,26)(H2,20,21,22);1H. The lowest BCUT2D eigenvalue weighted by Gasteiger charge is -2.26. The zero-order valence-corrected chi connectivity index (χ0v) is 18.9. The second kappa shape index (κ2) is 9.35. The summed E-state index contributed by atoms with van der Waals surface area (Å²) >= 11 is 0. The van der Waals surface area contributed by atoms with Gasteiger partial charge in [-0.25, -0.2) is 0 Å². The number of amides is 1. The van der Waals surface area contributed by atoms with Crippen molar-refractivity contribution >= 4 is 41.5 Å². The van der Waals surface area contributed by atoms with Crippen molar-refractivity contribution in [3.8, 4) is 0 Å². The highest BCUT2D eigenvalue weighted by molar-refractivity contribution is 14.0. The van der Waals surface area contributed by atoms with Gasteiger partial charge in [-0.05, 0) is 11.6 Å². The number of aromatic nitrogens is 2. The summed E-state index contributed by atoms with van der Waals surface area (Å²) in [5.41, 5.74) is 1.83. The van der Waals surface area contributed by atoms with E-state index in [0.29, 0.717) is 37.2 Å². The van der Waals surface area contributed by atoms with E-state index >= 15 is 0 Å². The summed E-state index contributed by atoms with van der Waals surface area (Å²) in [6, 6.07) is 7.88. The average molecular weight is 498 g/mol. The van der Waals surface area contributed by atoms with Gasteiger partial charge in [-0.1, -0.05) is 44.1 Å². The number of rotatable bonds is 4. The number of guanidine groups is 1. The zero-order valence-electron chi connectivity index (χ0n) is 16.6. The van der Waals surface area contributed by atoms with Crippen molar-refractivity contribution in [2.45, 2.75) is 45.1 Å². The second-order valence-electron chi connectivity index (χ2n) is 7.61. The zero-order chi connectivity index (χ0) is 19.4. The molecule has 0 bridgehead atoms. The highest BCUT2D eigenvalue weighted by Crippen LogP contribution is 2.31. The summed E-state index contributed by atoms with van der Waals surface area (Å²) in [4.78, 5) is 20.6. The van der Waals surface area contributed by atoms with Gasteiger partial charge in [0.25, 0.3) is 0 Å². The predicted molar refractivity (Wildman–Crippen MR) is 119 cm³/mol. The highest BCUT2D eigenvalue weighted by Gasteiger charge is 2.25. The molecule has 3 rings (SSSR count). The number of halogens is 1. The quantitative estimate of drug-likeness (QED) is 0.340. The largest absolute Gasteiger partial charge is 0.356 e. The van der Waals surface area contributed by atoms with Crippen LogP contribution in [-0.2, 0) is 16.8 Å². The van der Waals surface area contributed by atoms with E-state index in [-0.39, 0.29) is 41.2 Å². The topological polar surface area (TPSA) is 104 Å². The Balaban J connectivity index is 0.00000280. The van der Waals surface area contributed by atoms with Crippen molar-refractivity contribution in [1.29, 1.82) is 0 Å². The van der Waals surface area contributed by atoms with Gasteiger partial charge in [0.05, 0.1) is 6.54 Å². The molecule has 0 fully saturated rings. The Morgan fingerprint density at radius 2 is 2.07 bits per heavy atom. The Bertz CT molecular complexity index is 843. The van der Waals surface area contributed by atoms with E-state index in [0.717, 1.165) is 11.3 Å². The van der Waals surface area contributed by atoms with Crippen LogP contribution in [0.25, 0.3) is 0 Å². The molecule has 2 aromatic rings. The van der Waals surface area contributed by atoms with Crippen LogP contribution in [0.1, 0.15) is 50.4 Å². The summed E-state index contributed by atoms with van der Waals surface area (Å²) in [5.74, 6) is 1.93. The smallest absolute Gasteiger partial charge is 0.232 e. The summed E-state index contributed by atoms with van der Waals surface area (Å²) in [7, 11) is 1.70. The molecule has 0 aliphatic carbocycles. The van der Waals surface area contributed by atoms with Crippen LogP contribution < -0.4 is 16.0 Å². The first-order chi connectivity index (χ1) is 12.9. The lowest BCUT2D eigenvalue weighted by molar-refractivity contribution is -0.116. The van der Waals surface area contributed by atoms with Crippen molar-refractivity contribution in [2.24, 2.45) is 4.99 Å². The molecular weight excluding hydrogens is 471 g/mol. The number of carbonyl (C=O) groups excluding carboxylic acids is 1. The van der Waals surface area contributed by atoms with Gasteiger partial charge in [0.15, 0.2) is 11.8 Å². The molecule has 0 spiro atoms. The predicted octanol–water partition coefficient (Wildman–Crippen LogP) is 2.78. The molecule has 2 heterocycles. The van der Waals surface area contributed by atoms with Crippen LogP contribution in [-0.4, -0.2) is 35.6 Å². The normalized spacial score (nSPS) is 16.6. The molecule has 1 amide bonds. The number of hydrogen-bond donors (Lipinski definition) is 3. The summed E-state index contributed by atoms with van der Waals surface area (Å²) in [6.07, 6.45) is 0.445. The van der Waals surface area contributed by atoms with E-state index < -0.39 is 0 Å². The molecule has 0 radical (unpaired) electrons. The van der Waals surface area contributed by atoms with E-state index in [1.807, 2.05) is 45.0 Å². The maximum absolute atomic E-state index is 11.9. The fourth-order valence-corrected chi connectivity index (χ4v) is 2.92. The third-order valence-electron chi connectivity index (χ3n) is 4.37. The van der Waals surface area contributed by atoms with Gasteiger partial charge in [-0.2, -0.15) is 4.98 Å². The van der Waals surface area contributed by atoms with E-state index in [1.54, 1.807) is 7.05 Å². The van der Waals surface area contributed by atoms with Gasteiger partial charge in [0.1, 0.15) is 0 Å². The molecule has 1 aliphatic heterocycles. The van der Waals surface area contributed by atoms with Crippen LogP contribution in [0.3, 0.4) is 0 Å². The highest BCUT2D eigenvalue weighted by atomic mass is 127. The lowest BCUT2D eigenvalue weighted by atomic mass is 9.90. The Kier molecular flexibility index (Phi) is 7.39. The average Bonchev–Trinajstić information content (AvgIpc) is 3.11. The second-order valence-corrected chi connectivity index (χ2v) is 7.61. The number of benzene rings is 1. The molecule has 9 heteroatoms. The molecule has 3 N–H and O–H groups in total. The van der Waals surface area contributed by atoms with Crippen molar-refractivity contribution in [3.63, 3.8) is 0 Å². The first-order valence-electron chi connectivity index (χ1n) is 9.03. The molecule has 0 saturated carbocycles. The number of fused-ring (bicyclic) bond motifs is 1. The number of aliphatic imine (C=N–C) groups is 1. The number of para-hydroxylation sites is 1. The Labute approximate surface area is 182 Å². The van der Waals surface area contributed by atoms with E-state index in [4.69, 9.17) is 4.52 Å². The molecule has 152 valence electrons. The minimum Gasteiger partial charge on any atom is -0.356 e. The van der Waals surface area contributed by atoms with Crippen LogP contribution in [0.4, 0.5) is 5.69 Å². The fraction of sp³-hybridized carbons (Fsp3) is 0.474. The number of anilines is 1. The lowest BCUT2D eigenvalue weighted by Crippen LogP contribution is -2.40. The molecule has 1 atom stereocenters. The fourth-order valence-electron chi connectivity index (χ4n) is 2.92. The molecule has 0 saturated heterocycles. The van der Waals surface area contributed by atoms with Gasteiger partial charge in [-0.15, -0.1) is 24.0 Å². The summed E-state index contributed by atoms with van der Waals surface area (Å²) in [6.45, 7) is 7.08. The minimum atomic E-state index is -0.180. The Hall–Kier alpha value is -2.17. The maximum Gasteiger partial charge on any atom is 0.232 e. The van der Waals surface area contributed by atoms with Gasteiger partial charge in [0, 0.05) is 37.0 Å². The maximum atomic E-state index is 11.9. The first kappa shape index (κ1) is 22.1. The molecule has 28 heavy (non-hydrogen) atoms. The SMILES string of the molecule is CN=C(NCc1noc(C(C)(C)C)n1)NCC1CC(=O)Nc2ccccc21.I. The van der Waals surface area contributed by atoms with E-state index in [1.165, 1.54) is 0 Å². The number of hydrogen-bond acceptors (Lipinski definition) is 5. The minimum absolute atomic E-state index is 0. The summed E-state index contributed by atoms with van der Waals surface area (Å²) < 4.78 is 5.30. The number of carbonyl (C=O) groups is 1. The first-order valence-corrected chi connectivity index (χ1v) is 9.03. The van der Waals surface area contributed by atoms with Gasteiger partial charge in [0.2, 0.25) is 11.8 Å². The van der Waals surface area contributed by atoms with Gasteiger partial charge >= 0.3 is 0 Å². The van der Waals surface area contributed by atoms with Crippen LogP contribution in [0, 0.1) is 0 Å². The molecule has 1 aromatic carbocycles. The van der Waals surface area contributed by atoms with Gasteiger partial charge < -0.3 is 20.5 Å². The third kappa shape index (κ3) is 5.43. The summed E-state index contributed by atoms with van der Waals surface area (Å²) in [5, 5.41) is 13.4. The van der Waals surface area contributed by atoms with Crippen LogP contribution in [0.2, 0.25) is 0 Å². The Morgan fingerprint density at radius 3 is 2.75 bits per heavy atom. The van der Waals surface area contributed by atoms with Crippen molar-refractivity contribution in [2.75, 3.05) is 18.9 Å². The molecule has 1 aliphatic rings. The van der Waals surface area contributed by atoms with Crippen molar-refractivity contribution in [3.05, 3.63) is 41.5 Å². The monoisotopic (exact) mass is 498 g/mol. The Morgan fingerprint density at radius 1 is 1.32 bits per heavy atom. The van der Waals surface area contributed by atoms with Crippen LogP contribution in [0.5, 0.6) is 0 Å².